The van der Waals surface area contributed by atoms with Gasteiger partial charge < -0.3 is 15.1 Å². The minimum absolute atomic E-state index is 0.105. The number of carbonyl (C=O) groups excluding carboxylic acids is 2. The Balaban J connectivity index is 1.56. The van der Waals surface area contributed by atoms with Crippen LogP contribution in [-0.2, 0) is 9.59 Å². The molecule has 2 aromatic rings. The molecule has 154 valence electrons. The highest BCUT2D eigenvalue weighted by atomic mass is 16.2. The predicted octanol–water partition coefficient (Wildman–Crippen LogP) is 4.10. The fourth-order valence-corrected chi connectivity index (χ4v) is 3.81. The Morgan fingerprint density at radius 3 is 2.34 bits per heavy atom. The van der Waals surface area contributed by atoms with Crippen LogP contribution in [0.5, 0.6) is 0 Å². The summed E-state index contributed by atoms with van der Waals surface area (Å²) in [6.45, 7) is 11.1. The average Bonchev–Trinajstić information content (AvgIpc) is 2.69. The van der Waals surface area contributed by atoms with Crippen molar-refractivity contribution < 1.29 is 9.59 Å². The lowest BCUT2D eigenvalue weighted by Gasteiger charge is -2.36. The highest BCUT2D eigenvalue weighted by Gasteiger charge is 2.23. The first kappa shape index (κ1) is 20.9. The summed E-state index contributed by atoms with van der Waals surface area (Å²) in [5.74, 6) is -0.0472. The van der Waals surface area contributed by atoms with E-state index in [0.29, 0.717) is 19.0 Å². The Morgan fingerprint density at radius 1 is 1.00 bits per heavy atom. The van der Waals surface area contributed by atoms with Crippen LogP contribution in [0.1, 0.15) is 42.9 Å². The Kier molecular flexibility index (Phi) is 6.57. The van der Waals surface area contributed by atoms with Gasteiger partial charge in [-0.05, 0) is 48.6 Å². The third kappa shape index (κ3) is 5.17. The summed E-state index contributed by atoms with van der Waals surface area (Å²) in [7, 11) is 0. The molecule has 29 heavy (non-hydrogen) atoms. The van der Waals surface area contributed by atoms with E-state index in [1.54, 1.807) is 4.90 Å². The van der Waals surface area contributed by atoms with E-state index in [1.165, 1.54) is 11.3 Å². The highest BCUT2D eigenvalue weighted by Crippen LogP contribution is 2.27. The number of anilines is 2. The van der Waals surface area contributed by atoms with Crippen LogP contribution < -0.4 is 10.2 Å². The van der Waals surface area contributed by atoms with Crippen LogP contribution in [0.25, 0.3) is 0 Å². The number of carbonyl (C=O) groups is 2. The Hall–Kier alpha value is -2.82. The van der Waals surface area contributed by atoms with Crippen molar-refractivity contribution in [1.82, 2.24) is 4.90 Å². The number of nitrogens with zero attached hydrogens (tertiary/aromatic N) is 2. The minimum atomic E-state index is -0.243. The molecular weight excluding hydrogens is 362 g/mol. The van der Waals surface area contributed by atoms with E-state index in [9.17, 15) is 9.59 Å². The summed E-state index contributed by atoms with van der Waals surface area (Å²) >= 11 is 0. The summed E-state index contributed by atoms with van der Waals surface area (Å²) in [5.41, 5.74) is 5.37. The van der Waals surface area contributed by atoms with Crippen molar-refractivity contribution in [3.05, 3.63) is 59.2 Å². The van der Waals surface area contributed by atoms with Gasteiger partial charge in [-0.2, -0.15) is 0 Å². The van der Waals surface area contributed by atoms with E-state index < -0.39 is 0 Å². The molecule has 0 spiro atoms. The van der Waals surface area contributed by atoms with Crippen molar-refractivity contribution in [2.45, 2.75) is 40.0 Å². The lowest BCUT2D eigenvalue weighted by atomic mass is 9.98. The Labute approximate surface area is 173 Å². The molecule has 0 aromatic heterocycles. The second-order valence-corrected chi connectivity index (χ2v) is 8.13. The van der Waals surface area contributed by atoms with Gasteiger partial charge in [0, 0.05) is 37.6 Å². The molecule has 1 heterocycles. The lowest BCUT2D eigenvalue weighted by Crippen LogP contribution is -2.49. The standard InChI is InChI=1S/C24H31N3O2/c1-17(2)21-10-6-8-19(4)24(21)25-22(28)16-23(29)27-13-11-26(12-14-27)20-9-5-7-18(3)15-20/h5-10,15,17H,11-14,16H2,1-4H3,(H,25,28). The highest BCUT2D eigenvalue weighted by molar-refractivity contribution is 6.04. The van der Waals surface area contributed by atoms with Gasteiger partial charge in [0.1, 0.15) is 6.42 Å². The van der Waals surface area contributed by atoms with Gasteiger partial charge in [-0.1, -0.05) is 44.2 Å². The number of rotatable bonds is 5. The molecule has 0 bridgehead atoms. The molecule has 2 aromatic carbocycles. The van der Waals surface area contributed by atoms with Crippen molar-refractivity contribution in [3.63, 3.8) is 0 Å². The quantitative estimate of drug-likeness (QED) is 0.778. The van der Waals surface area contributed by atoms with E-state index in [-0.39, 0.29) is 18.2 Å². The van der Waals surface area contributed by atoms with E-state index in [4.69, 9.17) is 0 Å². The van der Waals surface area contributed by atoms with Crippen molar-refractivity contribution in [3.8, 4) is 0 Å². The number of piperazine rings is 1. The van der Waals surface area contributed by atoms with Crippen LogP contribution in [0.15, 0.2) is 42.5 Å². The molecule has 1 N–H and O–H groups in total. The molecule has 0 saturated carbocycles. The molecule has 1 saturated heterocycles. The van der Waals surface area contributed by atoms with Crippen LogP contribution in [0.4, 0.5) is 11.4 Å². The molecule has 0 unspecified atom stereocenters. The molecule has 0 radical (unpaired) electrons. The van der Waals surface area contributed by atoms with E-state index in [1.807, 2.05) is 25.1 Å². The SMILES string of the molecule is Cc1cccc(N2CCN(C(=O)CC(=O)Nc3c(C)cccc3C(C)C)CC2)c1. The van der Waals surface area contributed by atoms with Gasteiger partial charge in [0.05, 0.1) is 0 Å². The molecule has 3 rings (SSSR count). The number of benzene rings is 2. The van der Waals surface area contributed by atoms with Crippen molar-refractivity contribution >= 4 is 23.2 Å². The molecule has 1 aliphatic rings. The smallest absolute Gasteiger partial charge is 0.233 e. The fraction of sp³-hybridized carbons (Fsp3) is 0.417. The maximum atomic E-state index is 12.6. The van der Waals surface area contributed by atoms with Crippen molar-refractivity contribution in [2.24, 2.45) is 0 Å². The molecule has 5 nitrogen and oxygen atoms in total. The molecule has 1 fully saturated rings. The van der Waals surface area contributed by atoms with Crippen LogP contribution in [-0.4, -0.2) is 42.9 Å². The maximum absolute atomic E-state index is 12.6. The van der Waals surface area contributed by atoms with Gasteiger partial charge >= 0.3 is 0 Å². The summed E-state index contributed by atoms with van der Waals surface area (Å²) in [4.78, 5) is 29.3. The largest absolute Gasteiger partial charge is 0.368 e. The first-order chi connectivity index (χ1) is 13.8. The lowest BCUT2D eigenvalue weighted by molar-refractivity contribution is -0.134. The van der Waals surface area contributed by atoms with Gasteiger partial charge in [0.25, 0.3) is 0 Å². The molecule has 1 aliphatic heterocycles. The Bertz CT molecular complexity index is 883. The molecule has 0 aliphatic carbocycles. The minimum Gasteiger partial charge on any atom is -0.368 e. The van der Waals surface area contributed by atoms with Crippen LogP contribution >= 0.6 is 0 Å². The average molecular weight is 394 g/mol. The van der Waals surface area contributed by atoms with E-state index >= 15 is 0 Å². The third-order valence-electron chi connectivity index (χ3n) is 5.50. The normalized spacial score (nSPS) is 14.2. The zero-order valence-corrected chi connectivity index (χ0v) is 17.9. The number of aryl methyl sites for hydroxylation is 2. The third-order valence-corrected chi connectivity index (χ3v) is 5.50. The molecular formula is C24H31N3O2. The number of para-hydroxylation sites is 1. The van der Waals surface area contributed by atoms with E-state index in [0.717, 1.165) is 29.9 Å². The first-order valence-electron chi connectivity index (χ1n) is 10.3. The van der Waals surface area contributed by atoms with Crippen LogP contribution in [0.2, 0.25) is 0 Å². The zero-order chi connectivity index (χ0) is 21.0. The fourth-order valence-electron chi connectivity index (χ4n) is 3.81. The number of hydrogen-bond donors (Lipinski definition) is 1. The second-order valence-electron chi connectivity index (χ2n) is 8.13. The van der Waals surface area contributed by atoms with Crippen LogP contribution in [0, 0.1) is 13.8 Å². The predicted molar refractivity (Wildman–Crippen MR) is 118 cm³/mol. The van der Waals surface area contributed by atoms with E-state index in [2.05, 4.69) is 55.3 Å². The van der Waals surface area contributed by atoms with Crippen LogP contribution in [0.3, 0.4) is 0 Å². The van der Waals surface area contributed by atoms with Gasteiger partial charge in [-0.25, -0.2) is 0 Å². The number of nitrogens with one attached hydrogen (secondary N) is 1. The Morgan fingerprint density at radius 2 is 1.69 bits per heavy atom. The zero-order valence-electron chi connectivity index (χ0n) is 17.9. The first-order valence-corrected chi connectivity index (χ1v) is 10.3. The molecule has 2 amide bonds. The second kappa shape index (κ2) is 9.12. The van der Waals surface area contributed by atoms with Gasteiger partial charge in [0.15, 0.2) is 0 Å². The molecule has 0 atom stereocenters. The topological polar surface area (TPSA) is 52.7 Å². The maximum Gasteiger partial charge on any atom is 0.233 e. The molecule has 5 heteroatoms. The number of amides is 2. The van der Waals surface area contributed by atoms with Gasteiger partial charge in [0.2, 0.25) is 11.8 Å². The summed E-state index contributed by atoms with van der Waals surface area (Å²) in [6, 6.07) is 14.4. The summed E-state index contributed by atoms with van der Waals surface area (Å²) in [6.07, 6.45) is -0.115. The monoisotopic (exact) mass is 393 g/mol. The van der Waals surface area contributed by atoms with Crippen molar-refractivity contribution in [2.75, 3.05) is 36.4 Å². The van der Waals surface area contributed by atoms with Gasteiger partial charge in [-0.3, -0.25) is 9.59 Å². The van der Waals surface area contributed by atoms with Crippen molar-refractivity contribution in [1.29, 1.82) is 0 Å². The summed E-state index contributed by atoms with van der Waals surface area (Å²) < 4.78 is 0. The number of hydrogen-bond acceptors (Lipinski definition) is 3. The summed E-state index contributed by atoms with van der Waals surface area (Å²) in [5, 5.41) is 2.97. The van der Waals surface area contributed by atoms with Gasteiger partial charge in [-0.15, -0.1) is 0 Å².